The van der Waals surface area contributed by atoms with E-state index < -0.39 is 0 Å². The summed E-state index contributed by atoms with van der Waals surface area (Å²) < 4.78 is 3.28. The molecule has 0 radical (unpaired) electrons. The van der Waals surface area contributed by atoms with Gasteiger partial charge >= 0.3 is 0 Å². The highest BCUT2D eigenvalue weighted by Gasteiger charge is 1.96. The molecular weight excluding hydrogens is 142 g/mol. The molecule has 0 amide bonds. The van der Waals surface area contributed by atoms with Gasteiger partial charge in [0.2, 0.25) is 0 Å². The average Bonchev–Trinajstić information content (AvgIpc) is 1.92. The van der Waals surface area contributed by atoms with Gasteiger partial charge in [0.25, 0.3) is 0 Å². The van der Waals surface area contributed by atoms with Crippen LogP contribution in [0.5, 0.6) is 0 Å². The summed E-state index contributed by atoms with van der Waals surface area (Å²) in [6.07, 6.45) is 5.53. The van der Waals surface area contributed by atoms with Crippen LogP contribution in [0.2, 0.25) is 0 Å². The van der Waals surface area contributed by atoms with E-state index >= 15 is 0 Å². The summed E-state index contributed by atoms with van der Waals surface area (Å²) in [5.74, 6) is 1.07. The Balaban J connectivity index is 2.62. The number of allylic oxidation sites excluding steroid dienone is 3. The van der Waals surface area contributed by atoms with Crippen LogP contribution >= 0.6 is 11.9 Å². The molecule has 0 unspecified atom stereocenters. The molecule has 1 nitrogen and oxygen atoms in total. The third-order valence-electron chi connectivity index (χ3n) is 1.64. The van der Waals surface area contributed by atoms with Crippen molar-refractivity contribution in [3.8, 4) is 0 Å². The molecule has 0 aromatic rings. The molecule has 0 spiro atoms. The van der Waals surface area contributed by atoms with E-state index in [0.717, 1.165) is 12.2 Å². The van der Waals surface area contributed by atoms with Crippen LogP contribution in [0.3, 0.4) is 0 Å². The lowest BCUT2D eigenvalue weighted by Gasteiger charge is -2.09. The highest BCUT2D eigenvalue weighted by molar-refractivity contribution is 7.97. The molecule has 10 heavy (non-hydrogen) atoms. The fraction of sp³-hybridized carbons (Fsp3) is 0.500. The summed E-state index contributed by atoms with van der Waals surface area (Å²) in [4.78, 5) is 0. The van der Waals surface area contributed by atoms with Crippen molar-refractivity contribution < 1.29 is 0 Å². The van der Waals surface area contributed by atoms with Crippen molar-refractivity contribution in [2.24, 2.45) is 0 Å². The molecule has 56 valence electrons. The minimum Gasteiger partial charge on any atom is -0.334 e. The second kappa shape index (κ2) is 3.71. The minimum atomic E-state index is 1.07. The number of nitrogens with one attached hydrogen (secondary N) is 1. The lowest BCUT2D eigenvalue weighted by molar-refractivity contribution is 1.06. The zero-order valence-corrected chi connectivity index (χ0v) is 7.29. The highest BCUT2D eigenvalue weighted by atomic mass is 32.2. The predicted octanol–water partition coefficient (Wildman–Crippen LogP) is 2.48. The largest absolute Gasteiger partial charge is 0.334 e. The topological polar surface area (TPSA) is 12.0 Å². The first-order valence-corrected chi connectivity index (χ1v) is 4.48. The first-order chi connectivity index (χ1) is 4.80. The summed E-state index contributed by atoms with van der Waals surface area (Å²) in [5.41, 5.74) is 2.75. The van der Waals surface area contributed by atoms with Crippen LogP contribution in [-0.4, -0.2) is 5.75 Å². The van der Waals surface area contributed by atoms with E-state index in [4.69, 9.17) is 0 Å². The van der Waals surface area contributed by atoms with Crippen molar-refractivity contribution in [1.29, 1.82) is 0 Å². The van der Waals surface area contributed by atoms with E-state index in [9.17, 15) is 0 Å². The second-order valence-electron chi connectivity index (χ2n) is 2.49. The lowest BCUT2D eigenvalue weighted by atomic mass is 10.2. The molecule has 0 bridgehead atoms. The molecule has 1 aliphatic rings. The van der Waals surface area contributed by atoms with Gasteiger partial charge in [-0.2, -0.15) is 0 Å². The van der Waals surface area contributed by atoms with E-state index in [1.54, 1.807) is 11.9 Å². The number of hydrogen-bond acceptors (Lipinski definition) is 2. The maximum Gasteiger partial charge on any atom is 0.0312 e. The van der Waals surface area contributed by atoms with E-state index in [1.165, 1.54) is 11.3 Å². The van der Waals surface area contributed by atoms with Gasteiger partial charge in [-0.3, -0.25) is 0 Å². The maximum atomic E-state index is 3.28. The molecule has 0 atom stereocenters. The Hall–Kier alpha value is -0.370. The maximum absolute atomic E-state index is 3.28. The molecular formula is C8H13NS. The first-order valence-electron chi connectivity index (χ1n) is 3.50. The average molecular weight is 155 g/mol. The summed E-state index contributed by atoms with van der Waals surface area (Å²) >= 11 is 1.75. The summed E-state index contributed by atoms with van der Waals surface area (Å²) in [6, 6.07) is 0. The normalized spacial score (nSPS) is 30.2. The van der Waals surface area contributed by atoms with Crippen molar-refractivity contribution in [1.82, 2.24) is 4.72 Å². The summed E-state index contributed by atoms with van der Waals surface area (Å²) in [6.45, 7) is 4.29. The molecule has 1 rings (SSSR count). The van der Waals surface area contributed by atoms with Crippen molar-refractivity contribution in [2.75, 3.05) is 5.75 Å². The fourth-order valence-electron chi connectivity index (χ4n) is 0.766. The number of hydrogen-bond donors (Lipinski definition) is 1. The smallest absolute Gasteiger partial charge is 0.0312 e. The Bertz CT molecular complexity index is 170. The minimum absolute atomic E-state index is 1.07. The van der Waals surface area contributed by atoms with Crippen molar-refractivity contribution in [3.63, 3.8) is 0 Å². The lowest BCUT2D eigenvalue weighted by Crippen LogP contribution is -2.04. The Morgan fingerprint density at radius 2 is 2.20 bits per heavy atom. The monoisotopic (exact) mass is 155 g/mol. The molecule has 0 fully saturated rings. The highest BCUT2D eigenvalue weighted by Crippen LogP contribution is 2.12. The molecule has 0 saturated carbocycles. The first kappa shape index (κ1) is 7.73. The zero-order valence-electron chi connectivity index (χ0n) is 6.48. The zero-order chi connectivity index (χ0) is 7.40. The molecule has 1 N–H and O–H groups in total. The van der Waals surface area contributed by atoms with E-state index in [2.05, 4.69) is 30.7 Å². The quantitative estimate of drug-likeness (QED) is 0.426. The summed E-state index contributed by atoms with van der Waals surface area (Å²) in [7, 11) is 0. The Kier molecular flexibility index (Phi) is 2.87. The van der Waals surface area contributed by atoms with E-state index in [0.29, 0.717) is 0 Å². The standard InChI is InChI=1S/C8H13NS/c1-7-5-3-4-6-10-9-8(7)2/h3-4,9H,5-6H2,1-2H3/b4-3-,8-7-. The van der Waals surface area contributed by atoms with E-state index in [1.807, 2.05) is 0 Å². The molecule has 1 aliphatic heterocycles. The van der Waals surface area contributed by atoms with Crippen LogP contribution in [-0.2, 0) is 0 Å². The fourth-order valence-corrected chi connectivity index (χ4v) is 1.47. The van der Waals surface area contributed by atoms with Gasteiger partial charge in [-0.25, -0.2) is 0 Å². The van der Waals surface area contributed by atoms with Crippen LogP contribution in [0.4, 0.5) is 0 Å². The van der Waals surface area contributed by atoms with Gasteiger partial charge in [0.05, 0.1) is 0 Å². The van der Waals surface area contributed by atoms with E-state index in [-0.39, 0.29) is 0 Å². The predicted molar refractivity (Wildman–Crippen MR) is 47.7 cm³/mol. The molecule has 0 aromatic carbocycles. The van der Waals surface area contributed by atoms with Gasteiger partial charge in [0.1, 0.15) is 0 Å². The Labute approximate surface area is 66.7 Å². The molecule has 0 aliphatic carbocycles. The number of rotatable bonds is 0. The third kappa shape index (κ3) is 2.10. The summed E-state index contributed by atoms with van der Waals surface area (Å²) in [5, 5.41) is 0. The molecule has 0 aromatic heterocycles. The SMILES string of the molecule is C/C1=C(\C)NSC/C=C\C1. The van der Waals surface area contributed by atoms with Gasteiger partial charge in [-0.05, 0) is 32.2 Å². The van der Waals surface area contributed by atoms with Gasteiger partial charge in [0, 0.05) is 11.4 Å². The molecule has 1 heterocycles. The van der Waals surface area contributed by atoms with Crippen LogP contribution in [0.15, 0.2) is 23.4 Å². The molecule has 0 saturated heterocycles. The second-order valence-corrected chi connectivity index (χ2v) is 3.32. The van der Waals surface area contributed by atoms with Gasteiger partial charge in [-0.1, -0.05) is 17.7 Å². The van der Waals surface area contributed by atoms with Crippen molar-refractivity contribution >= 4 is 11.9 Å². The molecule has 2 heteroatoms. The van der Waals surface area contributed by atoms with Gasteiger partial charge < -0.3 is 4.72 Å². The van der Waals surface area contributed by atoms with Gasteiger partial charge in [-0.15, -0.1) is 0 Å². The Morgan fingerprint density at radius 1 is 1.40 bits per heavy atom. The van der Waals surface area contributed by atoms with Gasteiger partial charge in [0.15, 0.2) is 0 Å². The van der Waals surface area contributed by atoms with Crippen molar-refractivity contribution in [3.05, 3.63) is 23.4 Å². The van der Waals surface area contributed by atoms with Crippen LogP contribution in [0.25, 0.3) is 0 Å². The van der Waals surface area contributed by atoms with Crippen LogP contribution in [0, 0.1) is 0 Å². The Morgan fingerprint density at radius 3 is 3.00 bits per heavy atom. The van der Waals surface area contributed by atoms with Crippen LogP contribution in [0.1, 0.15) is 20.3 Å². The van der Waals surface area contributed by atoms with Crippen LogP contribution < -0.4 is 4.72 Å². The van der Waals surface area contributed by atoms with Crippen molar-refractivity contribution in [2.45, 2.75) is 20.3 Å². The third-order valence-corrected chi connectivity index (χ3v) is 2.45.